The van der Waals surface area contributed by atoms with Gasteiger partial charge < -0.3 is 0 Å². The molecule has 0 saturated carbocycles. The molecule has 1 aromatic rings. The summed E-state index contributed by atoms with van der Waals surface area (Å²) in [4.78, 5) is 0. The van der Waals surface area contributed by atoms with Crippen LogP contribution < -0.4 is 0 Å². The van der Waals surface area contributed by atoms with Crippen LogP contribution in [0.15, 0.2) is 6.20 Å². The van der Waals surface area contributed by atoms with Crippen molar-refractivity contribution in [3.8, 4) is 0 Å². The van der Waals surface area contributed by atoms with Gasteiger partial charge in [-0.3, -0.25) is 4.68 Å². The van der Waals surface area contributed by atoms with Crippen molar-refractivity contribution in [2.24, 2.45) is 0 Å². The van der Waals surface area contributed by atoms with Gasteiger partial charge in [-0.05, 0) is 13.3 Å². The zero-order chi connectivity index (χ0) is 7.56. The van der Waals surface area contributed by atoms with Crippen LogP contribution in [0.5, 0.6) is 0 Å². The van der Waals surface area contributed by atoms with Gasteiger partial charge in [-0.15, -0.1) is 0 Å². The van der Waals surface area contributed by atoms with E-state index in [0.717, 1.165) is 23.7 Å². The summed E-state index contributed by atoms with van der Waals surface area (Å²) in [5, 5.41) is 4.94. The van der Waals surface area contributed by atoms with Crippen molar-refractivity contribution in [1.29, 1.82) is 0 Å². The van der Waals surface area contributed by atoms with E-state index in [-0.39, 0.29) is 0 Å². The lowest BCUT2D eigenvalue weighted by Crippen LogP contribution is -1.96. The van der Waals surface area contributed by atoms with Crippen LogP contribution in [0.4, 0.5) is 0 Å². The summed E-state index contributed by atoms with van der Waals surface area (Å²) in [5.74, 6) is 0. The smallest absolute Gasteiger partial charge is 0.0814 e. The predicted molar refractivity (Wildman–Crippen MR) is 42.3 cm³/mol. The average Bonchev–Trinajstić information content (AvgIpc) is 2.14. The van der Waals surface area contributed by atoms with Crippen LogP contribution in [0.3, 0.4) is 0 Å². The Bertz CT molecular complexity index is 198. The SMILES string of the molecule is CCCn1cc(Cl)c(C)n1. The Labute approximate surface area is 65.8 Å². The maximum absolute atomic E-state index is 5.78. The second-order valence-corrected chi connectivity index (χ2v) is 2.73. The molecule has 0 aromatic carbocycles. The summed E-state index contributed by atoms with van der Waals surface area (Å²) in [6, 6.07) is 0. The number of hydrogen-bond acceptors (Lipinski definition) is 1. The molecule has 1 heterocycles. The predicted octanol–water partition coefficient (Wildman–Crippen LogP) is 2.25. The Morgan fingerprint density at radius 2 is 2.40 bits per heavy atom. The first-order valence-electron chi connectivity index (χ1n) is 3.43. The van der Waals surface area contributed by atoms with Crippen LogP contribution in [0, 0.1) is 6.92 Å². The van der Waals surface area contributed by atoms with Gasteiger partial charge in [0, 0.05) is 12.7 Å². The molecule has 10 heavy (non-hydrogen) atoms. The highest BCUT2D eigenvalue weighted by Gasteiger charge is 1.98. The third-order valence-corrected chi connectivity index (χ3v) is 1.71. The van der Waals surface area contributed by atoms with Gasteiger partial charge >= 0.3 is 0 Å². The number of hydrogen-bond donors (Lipinski definition) is 0. The van der Waals surface area contributed by atoms with Crippen LogP contribution in [0.2, 0.25) is 5.02 Å². The summed E-state index contributed by atoms with van der Waals surface area (Å²) < 4.78 is 1.87. The minimum absolute atomic E-state index is 0.758. The van der Waals surface area contributed by atoms with E-state index in [0.29, 0.717) is 0 Å². The van der Waals surface area contributed by atoms with Gasteiger partial charge in [0.25, 0.3) is 0 Å². The van der Waals surface area contributed by atoms with Crippen LogP contribution >= 0.6 is 11.6 Å². The van der Waals surface area contributed by atoms with E-state index in [4.69, 9.17) is 11.6 Å². The topological polar surface area (TPSA) is 17.8 Å². The van der Waals surface area contributed by atoms with Crippen molar-refractivity contribution in [2.75, 3.05) is 0 Å². The van der Waals surface area contributed by atoms with Crippen LogP contribution in [0.1, 0.15) is 19.0 Å². The molecule has 0 bridgehead atoms. The molecule has 0 aliphatic carbocycles. The average molecular weight is 159 g/mol. The molecular formula is C7H11ClN2. The normalized spacial score (nSPS) is 10.3. The molecule has 56 valence electrons. The van der Waals surface area contributed by atoms with Gasteiger partial charge in [-0.2, -0.15) is 5.10 Å². The highest BCUT2D eigenvalue weighted by atomic mass is 35.5. The highest BCUT2D eigenvalue weighted by Crippen LogP contribution is 2.11. The van der Waals surface area contributed by atoms with E-state index in [9.17, 15) is 0 Å². The first-order chi connectivity index (χ1) is 4.74. The largest absolute Gasteiger partial charge is 0.271 e. The molecular weight excluding hydrogens is 148 g/mol. The molecule has 1 aromatic heterocycles. The van der Waals surface area contributed by atoms with Crippen LogP contribution in [-0.2, 0) is 6.54 Å². The number of rotatable bonds is 2. The molecule has 0 aliphatic rings. The Morgan fingerprint density at radius 3 is 2.80 bits per heavy atom. The molecule has 2 nitrogen and oxygen atoms in total. The van der Waals surface area contributed by atoms with Crippen LogP contribution in [-0.4, -0.2) is 9.78 Å². The molecule has 0 unspecified atom stereocenters. The number of halogens is 1. The molecule has 3 heteroatoms. The summed E-state index contributed by atoms with van der Waals surface area (Å²) in [6.45, 7) is 4.98. The van der Waals surface area contributed by atoms with Gasteiger partial charge in [-0.25, -0.2) is 0 Å². The van der Waals surface area contributed by atoms with E-state index < -0.39 is 0 Å². The lowest BCUT2D eigenvalue weighted by Gasteiger charge is -1.93. The zero-order valence-electron chi connectivity index (χ0n) is 6.26. The fourth-order valence-electron chi connectivity index (χ4n) is 0.837. The molecule has 1 rings (SSSR count). The quantitative estimate of drug-likeness (QED) is 0.646. The molecule has 0 atom stereocenters. The molecule has 0 saturated heterocycles. The van der Waals surface area contributed by atoms with Crippen molar-refractivity contribution in [3.63, 3.8) is 0 Å². The van der Waals surface area contributed by atoms with E-state index >= 15 is 0 Å². The Balaban J connectivity index is 2.77. The minimum atomic E-state index is 0.758. The van der Waals surface area contributed by atoms with Gasteiger partial charge in [0.2, 0.25) is 0 Å². The molecule has 0 aliphatic heterocycles. The van der Waals surface area contributed by atoms with E-state index in [1.807, 2.05) is 17.8 Å². The molecule has 0 radical (unpaired) electrons. The molecule has 0 N–H and O–H groups in total. The summed E-state index contributed by atoms with van der Waals surface area (Å²) in [7, 11) is 0. The van der Waals surface area contributed by atoms with E-state index in [1.54, 1.807) is 0 Å². The fourth-order valence-corrected chi connectivity index (χ4v) is 0.988. The van der Waals surface area contributed by atoms with Crippen molar-refractivity contribution in [2.45, 2.75) is 26.8 Å². The summed E-state index contributed by atoms with van der Waals surface area (Å²) in [5.41, 5.74) is 0.912. The fraction of sp³-hybridized carbons (Fsp3) is 0.571. The molecule has 0 spiro atoms. The Kier molecular flexibility index (Phi) is 2.33. The Morgan fingerprint density at radius 1 is 1.70 bits per heavy atom. The van der Waals surface area contributed by atoms with Crippen LogP contribution in [0.25, 0.3) is 0 Å². The third-order valence-electron chi connectivity index (χ3n) is 1.34. The second-order valence-electron chi connectivity index (χ2n) is 2.33. The van der Waals surface area contributed by atoms with Gasteiger partial charge in [0.05, 0.1) is 10.7 Å². The van der Waals surface area contributed by atoms with Crippen molar-refractivity contribution >= 4 is 11.6 Å². The number of nitrogens with zero attached hydrogens (tertiary/aromatic N) is 2. The maximum atomic E-state index is 5.78. The van der Waals surface area contributed by atoms with Crippen molar-refractivity contribution in [3.05, 3.63) is 16.9 Å². The highest BCUT2D eigenvalue weighted by molar-refractivity contribution is 6.31. The minimum Gasteiger partial charge on any atom is -0.271 e. The number of aromatic nitrogens is 2. The van der Waals surface area contributed by atoms with Crippen molar-refractivity contribution < 1.29 is 0 Å². The van der Waals surface area contributed by atoms with E-state index in [1.165, 1.54) is 0 Å². The van der Waals surface area contributed by atoms with E-state index in [2.05, 4.69) is 12.0 Å². The lowest BCUT2D eigenvalue weighted by atomic mass is 10.5. The van der Waals surface area contributed by atoms with Crippen molar-refractivity contribution in [1.82, 2.24) is 9.78 Å². The van der Waals surface area contributed by atoms with Gasteiger partial charge in [0.1, 0.15) is 0 Å². The second kappa shape index (κ2) is 3.06. The summed E-state index contributed by atoms with van der Waals surface area (Å²) >= 11 is 5.78. The third kappa shape index (κ3) is 1.51. The molecule has 0 amide bonds. The molecule has 0 fully saturated rings. The van der Waals surface area contributed by atoms with Gasteiger partial charge in [0.15, 0.2) is 0 Å². The first-order valence-corrected chi connectivity index (χ1v) is 3.81. The first kappa shape index (κ1) is 7.61. The number of aryl methyl sites for hydroxylation is 2. The lowest BCUT2D eigenvalue weighted by molar-refractivity contribution is 0.598. The Hall–Kier alpha value is -0.500. The standard InChI is InChI=1S/C7H11ClN2/c1-3-4-10-5-7(8)6(2)9-10/h5H,3-4H2,1-2H3. The zero-order valence-corrected chi connectivity index (χ0v) is 7.02. The maximum Gasteiger partial charge on any atom is 0.0814 e. The monoisotopic (exact) mass is 158 g/mol. The summed E-state index contributed by atoms with van der Waals surface area (Å²) in [6.07, 6.45) is 2.96. The van der Waals surface area contributed by atoms with Gasteiger partial charge in [-0.1, -0.05) is 18.5 Å².